The van der Waals surface area contributed by atoms with Crippen molar-refractivity contribution in [3.05, 3.63) is 101 Å². The first-order chi connectivity index (χ1) is 18.2. The maximum atomic E-state index is 14.1. The van der Waals surface area contributed by atoms with Crippen LogP contribution in [0.15, 0.2) is 78.9 Å². The van der Waals surface area contributed by atoms with Gasteiger partial charge in [0.25, 0.3) is 0 Å². The van der Waals surface area contributed by atoms with E-state index in [1.807, 2.05) is 95.3 Å². The van der Waals surface area contributed by atoms with Gasteiger partial charge >= 0.3 is 0 Å². The summed E-state index contributed by atoms with van der Waals surface area (Å²) in [5, 5.41) is 3.03. The predicted octanol–water partition coefficient (Wildman–Crippen LogP) is 4.62. The van der Waals surface area contributed by atoms with Gasteiger partial charge in [-0.25, -0.2) is 8.42 Å². The van der Waals surface area contributed by atoms with Gasteiger partial charge in [0.2, 0.25) is 21.8 Å². The molecule has 2 amide bonds. The van der Waals surface area contributed by atoms with E-state index in [1.54, 1.807) is 18.2 Å². The van der Waals surface area contributed by atoms with Crippen molar-refractivity contribution in [2.24, 2.45) is 0 Å². The summed E-state index contributed by atoms with van der Waals surface area (Å²) in [6, 6.07) is 23.4. The molecule has 0 aromatic heterocycles. The predicted molar refractivity (Wildman–Crippen MR) is 157 cm³/mol. The number of anilines is 1. The van der Waals surface area contributed by atoms with Crippen molar-refractivity contribution < 1.29 is 18.0 Å². The highest BCUT2D eigenvalue weighted by Gasteiger charge is 2.34. The Morgan fingerprint density at radius 3 is 2.05 bits per heavy atom. The molecule has 7 nitrogen and oxygen atoms in total. The van der Waals surface area contributed by atoms with Crippen LogP contribution >= 0.6 is 0 Å². The summed E-state index contributed by atoms with van der Waals surface area (Å²) in [6.07, 6.45) is 1.37. The van der Waals surface area contributed by atoms with Crippen LogP contribution in [0.25, 0.3) is 0 Å². The largest absolute Gasteiger partial charge is 0.350 e. The van der Waals surface area contributed by atoms with Crippen LogP contribution in [0.2, 0.25) is 0 Å². The second kappa shape index (κ2) is 12.5. The van der Waals surface area contributed by atoms with Gasteiger partial charge in [0.15, 0.2) is 0 Å². The van der Waals surface area contributed by atoms with Crippen LogP contribution in [0.3, 0.4) is 0 Å². The number of aryl methyl sites for hydroxylation is 2. The first-order valence-corrected chi connectivity index (χ1v) is 14.8. The Morgan fingerprint density at radius 1 is 0.846 bits per heavy atom. The van der Waals surface area contributed by atoms with E-state index in [9.17, 15) is 18.0 Å². The smallest absolute Gasteiger partial charge is 0.244 e. The highest BCUT2D eigenvalue weighted by molar-refractivity contribution is 7.92. The molecule has 8 heteroatoms. The molecule has 0 spiro atoms. The normalized spacial score (nSPS) is 12.5. The van der Waals surface area contributed by atoms with Gasteiger partial charge < -0.3 is 10.2 Å². The topological polar surface area (TPSA) is 86.8 Å². The molecule has 1 unspecified atom stereocenters. The average Bonchev–Trinajstić information content (AvgIpc) is 2.84. The Labute approximate surface area is 232 Å². The first kappa shape index (κ1) is 29.9. The molecule has 0 aliphatic heterocycles. The van der Waals surface area contributed by atoms with Crippen LogP contribution in [0.4, 0.5) is 5.69 Å². The van der Waals surface area contributed by atoms with Gasteiger partial charge in [-0.3, -0.25) is 13.9 Å². The van der Waals surface area contributed by atoms with Crippen LogP contribution in [-0.2, 0) is 32.6 Å². The lowest BCUT2D eigenvalue weighted by Gasteiger charge is -2.35. The van der Waals surface area contributed by atoms with Crippen molar-refractivity contribution in [1.82, 2.24) is 10.2 Å². The molecule has 0 saturated heterocycles. The third kappa shape index (κ3) is 8.96. The lowest BCUT2D eigenvalue weighted by atomic mass is 10.0. The number of amides is 2. The maximum absolute atomic E-state index is 14.1. The van der Waals surface area contributed by atoms with Crippen molar-refractivity contribution in [2.45, 2.75) is 59.2 Å². The van der Waals surface area contributed by atoms with E-state index in [1.165, 1.54) is 4.90 Å². The minimum atomic E-state index is -3.79. The van der Waals surface area contributed by atoms with Crippen molar-refractivity contribution in [1.29, 1.82) is 0 Å². The number of sulfonamides is 1. The summed E-state index contributed by atoms with van der Waals surface area (Å²) in [5.41, 5.74) is 3.57. The van der Waals surface area contributed by atoms with Crippen molar-refractivity contribution in [3.8, 4) is 0 Å². The quantitative estimate of drug-likeness (QED) is 0.400. The van der Waals surface area contributed by atoms with Gasteiger partial charge in [0.1, 0.15) is 12.6 Å². The van der Waals surface area contributed by atoms with E-state index in [0.29, 0.717) is 5.69 Å². The molecule has 0 aliphatic carbocycles. The SMILES string of the molecule is Cc1ccc(CN(C(=O)CN(c2cccc(C)c2)S(C)(=O)=O)C(Cc2ccccc2)C(=O)NC(C)(C)C)cc1. The molecule has 3 aromatic rings. The summed E-state index contributed by atoms with van der Waals surface area (Å²) in [4.78, 5) is 29.3. The monoisotopic (exact) mass is 549 g/mol. The number of nitrogens with zero attached hydrogens (tertiary/aromatic N) is 2. The second-order valence-corrected chi connectivity index (χ2v) is 13.0. The molecular weight excluding hydrogens is 510 g/mol. The molecule has 3 rings (SSSR count). The number of rotatable bonds is 10. The molecule has 3 aromatic carbocycles. The first-order valence-electron chi connectivity index (χ1n) is 13.0. The molecule has 0 heterocycles. The number of nitrogens with one attached hydrogen (secondary N) is 1. The fraction of sp³-hybridized carbons (Fsp3) is 0.355. The summed E-state index contributed by atoms with van der Waals surface area (Å²) in [5.74, 6) is -0.763. The summed E-state index contributed by atoms with van der Waals surface area (Å²) < 4.78 is 26.8. The highest BCUT2D eigenvalue weighted by atomic mass is 32.2. The van der Waals surface area contributed by atoms with Crippen LogP contribution in [0, 0.1) is 13.8 Å². The lowest BCUT2D eigenvalue weighted by molar-refractivity contribution is -0.140. The molecule has 1 N–H and O–H groups in total. The number of hydrogen-bond acceptors (Lipinski definition) is 4. The molecule has 0 radical (unpaired) electrons. The Bertz CT molecular complexity index is 1380. The van der Waals surface area contributed by atoms with E-state index in [0.717, 1.165) is 32.8 Å². The Hall–Kier alpha value is -3.65. The van der Waals surface area contributed by atoms with E-state index < -0.39 is 34.1 Å². The zero-order valence-electron chi connectivity index (χ0n) is 23.6. The Morgan fingerprint density at radius 2 is 1.49 bits per heavy atom. The summed E-state index contributed by atoms with van der Waals surface area (Å²) in [7, 11) is -3.79. The average molecular weight is 550 g/mol. The number of carbonyl (C=O) groups is 2. The van der Waals surface area contributed by atoms with Crippen LogP contribution in [0.1, 0.15) is 43.0 Å². The summed E-state index contributed by atoms with van der Waals surface area (Å²) in [6.45, 7) is 9.23. The lowest BCUT2D eigenvalue weighted by Crippen LogP contribution is -2.56. The van der Waals surface area contributed by atoms with Gasteiger partial charge in [0, 0.05) is 18.5 Å². The summed E-state index contributed by atoms with van der Waals surface area (Å²) >= 11 is 0. The van der Waals surface area contributed by atoms with E-state index >= 15 is 0 Å². The number of carbonyl (C=O) groups excluding carboxylic acids is 2. The van der Waals surface area contributed by atoms with Gasteiger partial charge in [-0.1, -0.05) is 72.3 Å². The minimum Gasteiger partial charge on any atom is -0.350 e. The molecule has 39 heavy (non-hydrogen) atoms. The van der Waals surface area contributed by atoms with E-state index in [-0.39, 0.29) is 18.9 Å². The molecule has 0 fully saturated rings. The standard InChI is InChI=1S/C31H39N3O4S/c1-23-15-17-26(18-16-23)21-33(28(30(36)32-31(3,4)5)20-25-12-8-7-9-13-25)29(35)22-34(39(6,37)38)27-14-10-11-24(2)19-27/h7-19,28H,20-22H2,1-6H3,(H,32,36). The molecule has 0 saturated carbocycles. The third-order valence-corrected chi connectivity index (χ3v) is 7.35. The van der Waals surface area contributed by atoms with Crippen molar-refractivity contribution >= 4 is 27.5 Å². The zero-order valence-corrected chi connectivity index (χ0v) is 24.5. The van der Waals surface area contributed by atoms with Crippen LogP contribution in [0.5, 0.6) is 0 Å². The molecule has 1 atom stereocenters. The van der Waals surface area contributed by atoms with Crippen molar-refractivity contribution in [2.75, 3.05) is 17.1 Å². The van der Waals surface area contributed by atoms with Gasteiger partial charge in [-0.15, -0.1) is 0 Å². The minimum absolute atomic E-state index is 0.152. The second-order valence-electron chi connectivity index (χ2n) is 11.1. The van der Waals surface area contributed by atoms with E-state index in [2.05, 4.69) is 5.32 Å². The van der Waals surface area contributed by atoms with Crippen LogP contribution < -0.4 is 9.62 Å². The Kier molecular flexibility index (Phi) is 9.56. The number of benzene rings is 3. The molecule has 0 bridgehead atoms. The van der Waals surface area contributed by atoms with Gasteiger partial charge in [-0.05, 0) is 63.4 Å². The zero-order chi connectivity index (χ0) is 28.8. The third-order valence-electron chi connectivity index (χ3n) is 6.21. The molecule has 0 aliphatic rings. The highest BCUT2D eigenvalue weighted by Crippen LogP contribution is 2.22. The molecular formula is C31H39N3O4S. The van der Waals surface area contributed by atoms with Crippen LogP contribution in [-0.4, -0.2) is 49.5 Å². The van der Waals surface area contributed by atoms with E-state index in [4.69, 9.17) is 0 Å². The van der Waals surface area contributed by atoms with Crippen molar-refractivity contribution in [3.63, 3.8) is 0 Å². The fourth-order valence-corrected chi connectivity index (χ4v) is 5.14. The fourth-order valence-electron chi connectivity index (χ4n) is 4.29. The number of hydrogen-bond donors (Lipinski definition) is 1. The maximum Gasteiger partial charge on any atom is 0.244 e. The molecule has 208 valence electrons. The van der Waals surface area contributed by atoms with Gasteiger partial charge in [-0.2, -0.15) is 0 Å². The van der Waals surface area contributed by atoms with Gasteiger partial charge in [0.05, 0.1) is 11.9 Å². The Balaban J connectivity index is 2.07.